The van der Waals surface area contributed by atoms with Gasteiger partial charge in [0.2, 0.25) is 0 Å². The van der Waals surface area contributed by atoms with Gasteiger partial charge in [0.05, 0.1) is 31.0 Å². The van der Waals surface area contributed by atoms with Crippen LogP contribution in [0.25, 0.3) is 10.9 Å². The highest BCUT2D eigenvalue weighted by Crippen LogP contribution is 2.23. The molecule has 3 aromatic rings. The molecule has 6 nitrogen and oxygen atoms in total. The number of hydrogen-bond donors (Lipinski definition) is 1. The van der Waals surface area contributed by atoms with Gasteiger partial charge in [-0.15, -0.1) is 0 Å². The van der Waals surface area contributed by atoms with Crippen LogP contribution in [0.4, 0.5) is 5.69 Å². The predicted molar refractivity (Wildman–Crippen MR) is 113 cm³/mol. The number of pyridine rings is 1. The average molecular weight is 393 g/mol. The first-order chi connectivity index (χ1) is 14.2. The van der Waals surface area contributed by atoms with Crippen LogP contribution < -0.4 is 10.1 Å². The number of hydrogen-bond acceptors (Lipinski definition) is 5. The summed E-state index contributed by atoms with van der Waals surface area (Å²) in [6, 6.07) is 12.3. The minimum atomic E-state index is -0.166. The van der Waals surface area contributed by atoms with E-state index < -0.39 is 0 Å². The summed E-state index contributed by atoms with van der Waals surface area (Å²) in [5, 5.41) is 4.49. The fourth-order valence-electron chi connectivity index (χ4n) is 3.70. The van der Waals surface area contributed by atoms with Gasteiger partial charge in [0.1, 0.15) is 5.75 Å². The standard InChI is InChI=1S/C23H27N3O3/c1-2-28-23(27)10-14-26-13-9-17-16-19(6-8-22(17)26)29-15-11-18-5-7-20-21(25-18)4-3-12-24-20/h5-9,13,16,24H,2-4,10-12,14-15H2,1H3. The van der Waals surface area contributed by atoms with E-state index in [9.17, 15) is 4.79 Å². The number of aromatic nitrogens is 2. The van der Waals surface area contributed by atoms with Gasteiger partial charge in [0.25, 0.3) is 0 Å². The van der Waals surface area contributed by atoms with E-state index in [4.69, 9.17) is 14.5 Å². The number of benzene rings is 1. The maximum Gasteiger partial charge on any atom is 0.307 e. The zero-order valence-electron chi connectivity index (χ0n) is 16.8. The topological polar surface area (TPSA) is 65.4 Å². The highest BCUT2D eigenvalue weighted by Gasteiger charge is 2.11. The Balaban J connectivity index is 1.33. The van der Waals surface area contributed by atoms with Gasteiger partial charge in [-0.05, 0) is 56.2 Å². The first-order valence-electron chi connectivity index (χ1n) is 10.3. The Morgan fingerprint density at radius 2 is 2.17 bits per heavy atom. The third kappa shape index (κ3) is 4.70. The van der Waals surface area contributed by atoms with Crippen molar-refractivity contribution in [2.24, 2.45) is 0 Å². The van der Waals surface area contributed by atoms with E-state index in [0.29, 0.717) is 26.2 Å². The molecule has 0 unspecified atom stereocenters. The molecule has 0 spiro atoms. The van der Waals surface area contributed by atoms with Crippen molar-refractivity contribution >= 4 is 22.6 Å². The van der Waals surface area contributed by atoms with Crippen molar-refractivity contribution in [1.29, 1.82) is 0 Å². The summed E-state index contributed by atoms with van der Waals surface area (Å²) in [6.45, 7) is 4.48. The lowest BCUT2D eigenvalue weighted by atomic mass is 10.1. The molecule has 1 N–H and O–H groups in total. The number of rotatable bonds is 8. The molecular weight excluding hydrogens is 366 g/mol. The zero-order valence-corrected chi connectivity index (χ0v) is 16.8. The van der Waals surface area contributed by atoms with Gasteiger partial charge in [-0.1, -0.05) is 0 Å². The van der Waals surface area contributed by atoms with Gasteiger partial charge >= 0.3 is 5.97 Å². The first kappa shape index (κ1) is 19.3. The van der Waals surface area contributed by atoms with Crippen LogP contribution >= 0.6 is 0 Å². The molecule has 1 aliphatic heterocycles. The predicted octanol–water partition coefficient (Wildman–Crippen LogP) is 3.97. The smallest absolute Gasteiger partial charge is 0.307 e. The zero-order chi connectivity index (χ0) is 20.1. The minimum Gasteiger partial charge on any atom is -0.493 e. The quantitative estimate of drug-likeness (QED) is 0.587. The molecule has 0 atom stereocenters. The third-order valence-corrected chi connectivity index (χ3v) is 5.17. The number of carbonyl (C=O) groups is 1. The molecule has 0 fully saturated rings. The summed E-state index contributed by atoms with van der Waals surface area (Å²) >= 11 is 0. The Morgan fingerprint density at radius 3 is 3.07 bits per heavy atom. The van der Waals surface area contributed by atoms with Gasteiger partial charge in [-0.3, -0.25) is 9.78 Å². The Bertz CT molecular complexity index is 996. The lowest BCUT2D eigenvalue weighted by Gasteiger charge is -2.17. The SMILES string of the molecule is CCOC(=O)CCn1ccc2cc(OCCc3ccc4c(n3)CCCN4)ccc21. The summed E-state index contributed by atoms with van der Waals surface area (Å²) in [5.41, 5.74) is 4.49. The van der Waals surface area contributed by atoms with Gasteiger partial charge in [-0.2, -0.15) is 0 Å². The summed E-state index contributed by atoms with van der Waals surface area (Å²) in [4.78, 5) is 16.3. The Labute approximate surface area is 170 Å². The van der Waals surface area contributed by atoms with Crippen molar-refractivity contribution in [2.45, 2.75) is 39.2 Å². The first-order valence-corrected chi connectivity index (χ1v) is 10.3. The van der Waals surface area contributed by atoms with Crippen molar-refractivity contribution in [3.63, 3.8) is 0 Å². The molecule has 0 saturated heterocycles. The van der Waals surface area contributed by atoms with Crippen molar-refractivity contribution in [1.82, 2.24) is 9.55 Å². The Morgan fingerprint density at radius 1 is 1.24 bits per heavy atom. The van der Waals surface area contributed by atoms with Crippen molar-refractivity contribution in [3.05, 3.63) is 54.0 Å². The molecule has 29 heavy (non-hydrogen) atoms. The molecule has 3 heterocycles. The van der Waals surface area contributed by atoms with E-state index in [1.807, 2.05) is 37.4 Å². The summed E-state index contributed by atoms with van der Waals surface area (Å²) in [5.74, 6) is 0.682. The molecule has 0 amide bonds. The maximum atomic E-state index is 11.6. The summed E-state index contributed by atoms with van der Waals surface area (Å²) in [6.07, 6.45) is 5.34. The third-order valence-electron chi connectivity index (χ3n) is 5.17. The summed E-state index contributed by atoms with van der Waals surface area (Å²) in [7, 11) is 0. The van der Waals surface area contributed by atoms with E-state index >= 15 is 0 Å². The lowest BCUT2D eigenvalue weighted by Crippen LogP contribution is -2.14. The monoisotopic (exact) mass is 393 g/mol. The van der Waals surface area contributed by atoms with Gasteiger partial charge in [0, 0.05) is 42.3 Å². The molecule has 1 aliphatic rings. The Hall–Kier alpha value is -3.02. The molecule has 1 aromatic carbocycles. The molecule has 0 bridgehead atoms. The average Bonchev–Trinajstić information content (AvgIpc) is 3.15. The highest BCUT2D eigenvalue weighted by molar-refractivity contribution is 5.82. The van der Waals surface area contributed by atoms with E-state index in [1.165, 1.54) is 11.4 Å². The van der Waals surface area contributed by atoms with Crippen molar-refractivity contribution in [3.8, 4) is 5.75 Å². The normalized spacial score (nSPS) is 13.0. The van der Waals surface area contributed by atoms with Crippen LogP contribution in [0.5, 0.6) is 5.75 Å². The minimum absolute atomic E-state index is 0.166. The fourth-order valence-corrected chi connectivity index (χ4v) is 3.70. The van der Waals surface area contributed by atoms with Crippen LogP contribution in [0.2, 0.25) is 0 Å². The van der Waals surface area contributed by atoms with Gasteiger partial charge in [-0.25, -0.2) is 0 Å². The fraction of sp³-hybridized carbons (Fsp3) is 0.391. The molecular formula is C23H27N3O3. The Kier molecular flexibility index (Phi) is 5.98. The molecule has 152 valence electrons. The second kappa shape index (κ2) is 8.99. The van der Waals surface area contributed by atoms with E-state index in [2.05, 4.69) is 22.0 Å². The van der Waals surface area contributed by atoms with E-state index in [0.717, 1.165) is 48.2 Å². The van der Waals surface area contributed by atoms with Crippen LogP contribution in [0.3, 0.4) is 0 Å². The van der Waals surface area contributed by atoms with E-state index in [-0.39, 0.29) is 5.97 Å². The van der Waals surface area contributed by atoms with Crippen LogP contribution in [-0.4, -0.2) is 35.3 Å². The lowest BCUT2D eigenvalue weighted by molar-refractivity contribution is -0.143. The number of nitrogens with one attached hydrogen (secondary N) is 1. The van der Waals surface area contributed by atoms with Crippen molar-refractivity contribution in [2.75, 3.05) is 25.1 Å². The molecule has 2 aromatic heterocycles. The number of carbonyl (C=O) groups excluding carboxylic acids is 1. The largest absolute Gasteiger partial charge is 0.493 e. The number of esters is 1. The van der Waals surface area contributed by atoms with Crippen LogP contribution in [0, 0.1) is 0 Å². The second-order valence-electron chi connectivity index (χ2n) is 7.21. The molecule has 4 rings (SSSR count). The number of anilines is 1. The van der Waals surface area contributed by atoms with E-state index in [1.54, 1.807) is 0 Å². The second-order valence-corrected chi connectivity index (χ2v) is 7.21. The number of aryl methyl sites for hydroxylation is 2. The number of nitrogens with zero attached hydrogens (tertiary/aromatic N) is 2. The van der Waals surface area contributed by atoms with Crippen LogP contribution in [-0.2, 0) is 28.9 Å². The molecule has 0 aliphatic carbocycles. The number of ether oxygens (including phenoxy) is 2. The summed E-state index contributed by atoms with van der Waals surface area (Å²) < 4.78 is 13.0. The van der Waals surface area contributed by atoms with Crippen LogP contribution in [0.15, 0.2) is 42.6 Å². The molecule has 6 heteroatoms. The van der Waals surface area contributed by atoms with Gasteiger partial charge < -0.3 is 19.4 Å². The van der Waals surface area contributed by atoms with Crippen LogP contribution in [0.1, 0.15) is 31.2 Å². The van der Waals surface area contributed by atoms with Crippen molar-refractivity contribution < 1.29 is 14.3 Å². The molecule has 0 radical (unpaired) electrons. The number of fused-ring (bicyclic) bond motifs is 2. The maximum absolute atomic E-state index is 11.6. The van der Waals surface area contributed by atoms with Gasteiger partial charge in [0.15, 0.2) is 0 Å². The molecule has 0 saturated carbocycles. The highest BCUT2D eigenvalue weighted by atomic mass is 16.5.